The van der Waals surface area contributed by atoms with Gasteiger partial charge in [-0.25, -0.2) is 4.79 Å². The van der Waals surface area contributed by atoms with Crippen molar-refractivity contribution in [1.29, 1.82) is 0 Å². The molecule has 0 radical (unpaired) electrons. The summed E-state index contributed by atoms with van der Waals surface area (Å²) in [7, 11) is 1.57. The lowest BCUT2D eigenvalue weighted by atomic mass is 10.0. The third-order valence-electron chi connectivity index (χ3n) is 4.90. The molecule has 0 spiro atoms. The maximum Gasteiger partial charge on any atom is 0.344 e. The van der Waals surface area contributed by atoms with Gasteiger partial charge in [-0.05, 0) is 30.3 Å². The van der Waals surface area contributed by atoms with E-state index in [9.17, 15) is 9.90 Å². The van der Waals surface area contributed by atoms with Gasteiger partial charge in [0, 0.05) is 23.6 Å². The maximum atomic E-state index is 12.5. The topological polar surface area (TPSA) is 64.1 Å². The van der Waals surface area contributed by atoms with E-state index in [-0.39, 0.29) is 5.75 Å². The molecule has 0 unspecified atom stereocenters. The molecule has 2 N–H and O–H groups in total. The zero-order valence-corrected chi connectivity index (χ0v) is 13.6. The van der Waals surface area contributed by atoms with Crippen molar-refractivity contribution in [3.8, 4) is 11.5 Å². The minimum atomic E-state index is -0.403. The maximum absolute atomic E-state index is 12.5. The predicted molar refractivity (Wildman–Crippen MR) is 91.8 cm³/mol. The largest absolute Gasteiger partial charge is 0.507 e. The first-order valence-corrected chi connectivity index (χ1v) is 8.26. The van der Waals surface area contributed by atoms with Crippen molar-refractivity contribution < 1.29 is 19.2 Å². The van der Waals surface area contributed by atoms with Gasteiger partial charge >= 0.3 is 5.63 Å². The second-order valence-corrected chi connectivity index (χ2v) is 6.37. The van der Waals surface area contributed by atoms with Gasteiger partial charge in [-0.3, -0.25) is 0 Å². The van der Waals surface area contributed by atoms with E-state index < -0.39 is 5.63 Å². The third-order valence-corrected chi connectivity index (χ3v) is 4.90. The van der Waals surface area contributed by atoms with E-state index in [1.807, 2.05) is 18.2 Å². The average molecular weight is 326 g/mol. The quantitative estimate of drug-likeness (QED) is 0.569. The second-order valence-electron chi connectivity index (χ2n) is 6.37. The Kier molecular flexibility index (Phi) is 3.65. The lowest BCUT2D eigenvalue weighted by molar-refractivity contribution is -0.901. The molecule has 0 saturated carbocycles. The van der Waals surface area contributed by atoms with E-state index in [2.05, 4.69) is 0 Å². The van der Waals surface area contributed by atoms with Crippen molar-refractivity contribution in [3.05, 3.63) is 46.3 Å². The Balaban J connectivity index is 1.96. The molecular weight excluding hydrogens is 306 g/mol. The van der Waals surface area contributed by atoms with Crippen molar-refractivity contribution >= 4 is 21.7 Å². The van der Waals surface area contributed by atoms with Crippen LogP contribution in [0.3, 0.4) is 0 Å². The molecule has 124 valence electrons. The van der Waals surface area contributed by atoms with Crippen LogP contribution in [-0.2, 0) is 6.54 Å². The molecule has 5 nitrogen and oxygen atoms in total. The highest BCUT2D eigenvalue weighted by molar-refractivity contribution is 6.06. The molecule has 1 fully saturated rings. The van der Waals surface area contributed by atoms with Crippen molar-refractivity contribution in [2.45, 2.75) is 19.4 Å². The number of quaternary nitrogens is 1. The van der Waals surface area contributed by atoms with Gasteiger partial charge in [0.25, 0.3) is 0 Å². The van der Waals surface area contributed by atoms with Gasteiger partial charge in [-0.15, -0.1) is 0 Å². The van der Waals surface area contributed by atoms with Crippen molar-refractivity contribution in [2.75, 3.05) is 20.2 Å². The Hall–Kier alpha value is -2.53. The van der Waals surface area contributed by atoms with Crippen molar-refractivity contribution in [2.24, 2.45) is 0 Å². The highest BCUT2D eigenvalue weighted by Gasteiger charge is 2.21. The molecule has 0 atom stereocenters. The summed E-state index contributed by atoms with van der Waals surface area (Å²) in [6, 6.07) is 8.90. The zero-order valence-electron chi connectivity index (χ0n) is 13.6. The van der Waals surface area contributed by atoms with Crippen LogP contribution in [0, 0.1) is 0 Å². The Morgan fingerprint density at radius 3 is 2.62 bits per heavy atom. The molecule has 0 amide bonds. The first-order chi connectivity index (χ1) is 11.7. The Morgan fingerprint density at radius 1 is 1.12 bits per heavy atom. The fourth-order valence-electron chi connectivity index (χ4n) is 3.62. The number of fused-ring (bicyclic) bond motifs is 3. The second kappa shape index (κ2) is 5.83. The fourth-order valence-corrected chi connectivity index (χ4v) is 3.62. The van der Waals surface area contributed by atoms with Crippen molar-refractivity contribution in [1.82, 2.24) is 0 Å². The molecule has 2 heterocycles. The molecule has 1 aliphatic rings. The number of ether oxygens (including phenoxy) is 1. The normalized spacial score (nSPS) is 15.4. The van der Waals surface area contributed by atoms with E-state index in [1.54, 1.807) is 19.2 Å². The molecule has 1 saturated heterocycles. The minimum Gasteiger partial charge on any atom is -0.507 e. The summed E-state index contributed by atoms with van der Waals surface area (Å²) in [5.74, 6) is 0.813. The van der Waals surface area contributed by atoms with Crippen LogP contribution in [-0.4, -0.2) is 25.3 Å². The van der Waals surface area contributed by atoms with Crippen LogP contribution in [0.15, 0.2) is 39.5 Å². The summed E-state index contributed by atoms with van der Waals surface area (Å²) in [5, 5.41) is 12.5. The van der Waals surface area contributed by atoms with E-state index in [4.69, 9.17) is 9.15 Å². The van der Waals surface area contributed by atoms with E-state index in [0.29, 0.717) is 23.3 Å². The number of rotatable bonds is 3. The van der Waals surface area contributed by atoms with E-state index in [1.165, 1.54) is 17.7 Å². The number of nitrogens with one attached hydrogen (secondary N) is 1. The van der Waals surface area contributed by atoms with E-state index >= 15 is 0 Å². The standard InChI is InChI=1S/C19H19NO4/c1-23-12-4-5-13-14-6-7-17(21)16(11-20-8-2-3-9-20)18(14)24-19(22)15(13)10-12/h4-7,10,21H,2-3,8-9,11H2,1H3/p+1. The number of methoxy groups -OCH3 is 1. The van der Waals surface area contributed by atoms with Gasteiger partial charge in [0.1, 0.15) is 18.0 Å². The Morgan fingerprint density at radius 2 is 1.88 bits per heavy atom. The van der Waals surface area contributed by atoms with Gasteiger partial charge in [0.2, 0.25) is 0 Å². The van der Waals surface area contributed by atoms with E-state index in [0.717, 1.165) is 29.4 Å². The smallest absolute Gasteiger partial charge is 0.344 e. The average Bonchev–Trinajstić information content (AvgIpc) is 3.10. The van der Waals surface area contributed by atoms with Gasteiger partial charge in [0.05, 0.1) is 31.1 Å². The fraction of sp³-hybridized carbons (Fsp3) is 0.316. The molecule has 4 rings (SSSR count). The molecule has 24 heavy (non-hydrogen) atoms. The number of likely N-dealkylation sites (tertiary alicyclic amines) is 1. The third kappa shape index (κ3) is 2.41. The summed E-state index contributed by atoms with van der Waals surface area (Å²) < 4.78 is 10.8. The Labute approximate surface area is 139 Å². The molecule has 2 aromatic carbocycles. The molecule has 1 aliphatic heterocycles. The highest BCUT2D eigenvalue weighted by atomic mass is 16.5. The predicted octanol–water partition coefficient (Wildman–Crippen LogP) is 1.84. The van der Waals surface area contributed by atoms with Crippen LogP contribution in [0.25, 0.3) is 21.7 Å². The van der Waals surface area contributed by atoms with Gasteiger partial charge in [0.15, 0.2) is 5.58 Å². The lowest BCUT2D eigenvalue weighted by Crippen LogP contribution is -3.08. The van der Waals surface area contributed by atoms with Crippen molar-refractivity contribution in [3.63, 3.8) is 0 Å². The monoisotopic (exact) mass is 326 g/mol. The number of phenols is 1. The minimum absolute atomic E-state index is 0.193. The molecule has 3 aromatic rings. The zero-order chi connectivity index (χ0) is 16.7. The summed E-state index contributed by atoms with van der Waals surface area (Å²) in [5.41, 5.74) is 0.816. The highest BCUT2D eigenvalue weighted by Crippen LogP contribution is 2.31. The molecular formula is C19H20NO4+. The number of benzene rings is 2. The number of hydrogen-bond donors (Lipinski definition) is 2. The molecule has 5 heteroatoms. The first-order valence-electron chi connectivity index (χ1n) is 8.26. The molecule has 0 bridgehead atoms. The van der Waals surface area contributed by atoms with Crippen LogP contribution < -0.4 is 15.3 Å². The van der Waals surface area contributed by atoms with Crippen LogP contribution in [0.4, 0.5) is 0 Å². The summed E-state index contributed by atoms with van der Waals surface area (Å²) >= 11 is 0. The SMILES string of the molecule is COc1ccc2c(c1)c(=O)oc1c(C[NH+]3CCCC3)c(O)ccc12. The number of aromatic hydroxyl groups is 1. The number of hydrogen-bond acceptors (Lipinski definition) is 4. The molecule has 1 aromatic heterocycles. The summed E-state index contributed by atoms with van der Waals surface area (Å²) in [6.45, 7) is 2.85. The van der Waals surface area contributed by atoms with Gasteiger partial charge in [-0.2, -0.15) is 0 Å². The first kappa shape index (κ1) is 15.0. The summed E-state index contributed by atoms with van der Waals surface area (Å²) in [6.07, 6.45) is 2.40. The Bertz CT molecular complexity index is 970. The molecule has 0 aliphatic carbocycles. The van der Waals surface area contributed by atoms with Gasteiger partial charge < -0.3 is 19.2 Å². The summed E-state index contributed by atoms with van der Waals surface area (Å²) in [4.78, 5) is 13.9. The lowest BCUT2D eigenvalue weighted by Gasteiger charge is -2.15. The van der Waals surface area contributed by atoms with Crippen LogP contribution in [0.1, 0.15) is 18.4 Å². The van der Waals surface area contributed by atoms with Crippen LogP contribution in [0.2, 0.25) is 0 Å². The van der Waals surface area contributed by atoms with Crippen LogP contribution >= 0.6 is 0 Å². The van der Waals surface area contributed by atoms with Gasteiger partial charge in [-0.1, -0.05) is 0 Å². The number of phenolic OH excluding ortho intramolecular Hbond substituents is 1. The van der Waals surface area contributed by atoms with Crippen LogP contribution in [0.5, 0.6) is 11.5 Å².